The van der Waals surface area contributed by atoms with Gasteiger partial charge in [-0.1, -0.05) is 24.3 Å². The molecule has 1 atom stereocenters. The second kappa shape index (κ2) is 7.22. The van der Waals surface area contributed by atoms with E-state index in [0.717, 1.165) is 18.7 Å². The van der Waals surface area contributed by atoms with Gasteiger partial charge in [-0.3, -0.25) is 4.79 Å². The number of likely N-dealkylation sites (N-methyl/N-ethyl adjacent to an activating group) is 1. The number of carbonyl (C=O) groups is 1. The first kappa shape index (κ1) is 16.9. The molecule has 0 spiro atoms. The summed E-state index contributed by atoms with van der Waals surface area (Å²) in [6, 6.07) is 8.21. The van der Waals surface area contributed by atoms with E-state index < -0.39 is 5.60 Å². The number of benzene rings is 1. The predicted octanol–water partition coefficient (Wildman–Crippen LogP) is 1.09. The molecule has 1 aromatic rings. The van der Waals surface area contributed by atoms with E-state index in [9.17, 15) is 4.79 Å². The van der Waals surface area contributed by atoms with Crippen LogP contribution >= 0.6 is 0 Å². The highest BCUT2D eigenvalue weighted by molar-refractivity contribution is 5.85. The Labute approximate surface area is 133 Å². The number of nitrogens with zero attached hydrogens (tertiary/aromatic N) is 2. The van der Waals surface area contributed by atoms with E-state index in [1.807, 2.05) is 40.2 Å². The van der Waals surface area contributed by atoms with Crippen molar-refractivity contribution in [3.05, 3.63) is 35.4 Å². The van der Waals surface area contributed by atoms with Crippen molar-refractivity contribution in [2.45, 2.75) is 25.6 Å². The van der Waals surface area contributed by atoms with Gasteiger partial charge in [0.2, 0.25) is 0 Å². The third-order valence-electron chi connectivity index (χ3n) is 3.99. The van der Waals surface area contributed by atoms with E-state index >= 15 is 0 Å². The van der Waals surface area contributed by atoms with Gasteiger partial charge in [-0.25, -0.2) is 0 Å². The molecule has 1 N–H and O–H groups in total. The fourth-order valence-corrected chi connectivity index (χ4v) is 2.79. The minimum atomic E-state index is -0.760. The van der Waals surface area contributed by atoms with E-state index in [1.54, 1.807) is 0 Å². The lowest BCUT2D eigenvalue weighted by atomic mass is 10.0. The summed E-state index contributed by atoms with van der Waals surface area (Å²) in [4.78, 5) is 16.8. The zero-order chi connectivity index (χ0) is 16.2. The van der Waals surface area contributed by atoms with Crippen molar-refractivity contribution >= 4 is 5.91 Å². The molecule has 22 heavy (non-hydrogen) atoms. The Balaban J connectivity index is 1.99. The molecule has 0 bridgehead atoms. The number of hydrogen-bond donors (Lipinski definition) is 1. The second-order valence-electron chi connectivity index (χ2n) is 6.51. The van der Waals surface area contributed by atoms with Crippen molar-refractivity contribution < 1.29 is 9.53 Å². The van der Waals surface area contributed by atoms with Gasteiger partial charge < -0.3 is 19.9 Å². The lowest BCUT2D eigenvalue weighted by molar-refractivity contribution is -0.155. The van der Waals surface area contributed by atoms with E-state index in [1.165, 1.54) is 5.56 Å². The van der Waals surface area contributed by atoms with Gasteiger partial charge in [0, 0.05) is 26.2 Å². The molecular formula is C17H27N3O2. The Hall–Kier alpha value is -1.43. The van der Waals surface area contributed by atoms with E-state index in [0.29, 0.717) is 19.7 Å². The van der Waals surface area contributed by atoms with Gasteiger partial charge in [0.25, 0.3) is 5.91 Å². The maximum Gasteiger partial charge on any atom is 0.253 e. The highest BCUT2D eigenvalue weighted by Crippen LogP contribution is 2.17. The average Bonchev–Trinajstić information content (AvgIpc) is 2.45. The number of ether oxygens (including phenoxy) is 1. The van der Waals surface area contributed by atoms with Crippen LogP contribution in [0.4, 0.5) is 0 Å². The van der Waals surface area contributed by atoms with Gasteiger partial charge in [0.1, 0.15) is 0 Å². The molecule has 0 aliphatic carbocycles. The van der Waals surface area contributed by atoms with Crippen LogP contribution in [-0.4, -0.2) is 62.1 Å². The standard InChI is InChI=1S/C17H27N3O2/c1-17(13-20(4)9-10-22-17)16(21)18-11-14-7-5-6-8-15(14)12-19(2)3/h5-8H,9-13H2,1-4H3,(H,18,21). The maximum absolute atomic E-state index is 12.5. The van der Waals surface area contributed by atoms with Gasteiger partial charge in [0.15, 0.2) is 5.60 Å². The molecule has 1 fully saturated rings. The number of hydrogen-bond acceptors (Lipinski definition) is 4. The highest BCUT2D eigenvalue weighted by atomic mass is 16.5. The molecule has 1 aliphatic heterocycles. The molecule has 1 amide bonds. The highest BCUT2D eigenvalue weighted by Gasteiger charge is 2.37. The fraction of sp³-hybridized carbons (Fsp3) is 0.588. The summed E-state index contributed by atoms with van der Waals surface area (Å²) in [7, 11) is 6.10. The molecular weight excluding hydrogens is 278 g/mol. The molecule has 1 heterocycles. The van der Waals surface area contributed by atoms with Crippen molar-refractivity contribution in [2.24, 2.45) is 0 Å². The molecule has 0 radical (unpaired) electrons. The van der Waals surface area contributed by atoms with Gasteiger partial charge in [-0.15, -0.1) is 0 Å². The van der Waals surface area contributed by atoms with Gasteiger partial charge in [-0.2, -0.15) is 0 Å². The lowest BCUT2D eigenvalue weighted by Crippen LogP contribution is -2.57. The van der Waals surface area contributed by atoms with Gasteiger partial charge >= 0.3 is 0 Å². The van der Waals surface area contributed by atoms with Crippen molar-refractivity contribution in [1.82, 2.24) is 15.1 Å². The Morgan fingerprint density at radius 3 is 2.68 bits per heavy atom. The molecule has 1 saturated heterocycles. The van der Waals surface area contributed by atoms with Gasteiger partial charge in [-0.05, 0) is 39.2 Å². The predicted molar refractivity (Wildman–Crippen MR) is 87.5 cm³/mol. The third kappa shape index (κ3) is 4.29. The summed E-state index contributed by atoms with van der Waals surface area (Å²) in [6.07, 6.45) is 0. The summed E-state index contributed by atoms with van der Waals surface area (Å²) in [5.74, 6) is -0.0429. The summed E-state index contributed by atoms with van der Waals surface area (Å²) < 4.78 is 5.72. The van der Waals surface area contributed by atoms with Crippen molar-refractivity contribution in [3.63, 3.8) is 0 Å². The van der Waals surface area contributed by atoms with Crippen LogP contribution in [0, 0.1) is 0 Å². The number of amides is 1. The fourth-order valence-electron chi connectivity index (χ4n) is 2.79. The van der Waals surface area contributed by atoms with E-state index in [-0.39, 0.29) is 5.91 Å². The number of nitrogens with one attached hydrogen (secondary N) is 1. The first-order valence-corrected chi connectivity index (χ1v) is 7.73. The van der Waals surface area contributed by atoms with Crippen molar-refractivity contribution in [1.29, 1.82) is 0 Å². The van der Waals surface area contributed by atoms with Crippen LogP contribution in [0.15, 0.2) is 24.3 Å². The Morgan fingerprint density at radius 1 is 1.36 bits per heavy atom. The minimum absolute atomic E-state index is 0.0429. The van der Waals surface area contributed by atoms with E-state index in [4.69, 9.17) is 4.74 Å². The van der Waals surface area contributed by atoms with Crippen LogP contribution < -0.4 is 5.32 Å². The maximum atomic E-state index is 12.5. The smallest absolute Gasteiger partial charge is 0.253 e. The Morgan fingerprint density at radius 2 is 2.05 bits per heavy atom. The largest absolute Gasteiger partial charge is 0.363 e. The lowest BCUT2D eigenvalue weighted by Gasteiger charge is -2.37. The molecule has 122 valence electrons. The number of rotatable bonds is 5. The SMILES string of the molecule is CN(C)Cc1ccccc1CNC(=O)C1(C)CN(C)CCO1. The van der Waals surface area contributed by atoms with Crippen molar-refractivity contribution in [3.8, 4) is 0 Å². The van der Waals surface area contributed by atoms with Crippen LogP contribution in [0.5, 0.6) is 0 Å². The monoisotopic (exact) mass is 305 g/mol. The second-order valence-corrected chi connectivity index (χ2v) is 6.51. The Kier molecular flexibility index (Phi) is 5.56. The summed E-state index contributed by atoms with van der Waals surface area (Å²) >= 11 is 0. The quantitative estimate of drug-likeness (QED) is 0.884. The molecule has 2 rings (SSSR count). The molecule has 1 aromatic carbocycles. The van der Waals surface area contributed by atoms with Gasteiger partial charge in [0.05, 0.1) is 6.61 Å². The van der Waals surface area contributed by atoms with Crippen LogP contribution in [0.1, 0.15) is 18.1 Å². The van der Waals surface area contributed by atoms with Crippen molar-refractivity contribution in [2.75, 3.05) is 40.8 Å². The minimum Gasteiger partial charge on any atom is -0.363 e. The summed E-state index contributed by atoms with van der Waals surface area (Å²) in [6.45, 7) is 5.35. The topological polar surface area (TPSA) is 44.8 Å². The van der Waals surface area contributed by atoms with E-state index in [2.05, 4.69) is 27.2 Å². The first-order valence-electron chi connectivity index (χ1n) is 7.73. The molecule has 1 aliphatic rings. The van der Waals surface area contributed by atoms with Crippen LogP contribution in [0.2, 0.25) is 0 Å². The Bertz CT molecular complexity index is 518. The number of morpholine rings is 1. The molecule has 1 unspecified atom stereocenters. The van der Waals surface area contributed by atoms with Crippen LogP contribution in [0.25, 0.3) is 0 Å². The zero-order valence-corrected chi connectivity index (χ0v) is 14.1. The summed E-state index contributed by atoms with van der Waals surface area (Å²) in [5, 5.41) is 3.03. The first-order chi connectivity index (χ1) is 10.4. The third-order valence-corrected chi connectivity index (χ3v) is 3.99. The average molecular weight is 305 g/mol. The molecule has 5 heteroatoms. The van der Waals surface area contributed by atoms with Crippen LogP contribution in [0.3, 0.4) is 0 Å². The normalized spacial score (nSPS) is 22.8. The molecule has 0 aromatic heterocycles. The zero-order valence-electron chi connectivity index (χ0n) is 14.1. The molecule has 5 nitrogen and oxygen atoms in total. The van der Waals surface area contributed by atoms with Crippen LogP contribution in [-0.2, 0) is 22.6 Å². The molecule has 0 saturated carbocycles. The number of carbonyl (C=O) groups excluding carboxylic acids is 1. The summed E-state index contributed by atoms with van der Waals surface area (Å²) in [5.41, 5.74) is 1.63.